The van der Waals surface area contributed by atoms with Gasteiger partial charge in [0.1, 0.15) is 0 Å². The number of rotatable bonds is 3. The highest BCUT2D eigenvalue weighted by molar-refractivity contribution is 6.45. The zero-order chi connectivity index (χ0) is 18.5. The van der Waals surface area contributed by atoms with Crippen LogP contribution >= 0.6 is 0 Å². The Labute approximate surface area is 157 Å². The van der Waals surface area contributed by atoms with Crippen LogP contribution < -0.4 is 5.32 Å². The van der Waals surface area contributed by atoms with Gasteiger partial charge in [0.25, 0.3) is 0 Å². The van der Waals surface area contributed by atoms with Gasteiger partial charge in [-0.1, -0.05) is 42.5 Å². The third-order valence-corrected chi connectivity index (χ3v) is 6.35. The largest absolute Gasteiger partial charge is 0.458 e. The van der Waals surface area contributed by atoms with Gasteiger partial charge < -0.3 is 14.6 Å². The molecule has 2 aromatic rings. The Kier molecular flexibility index (Phi) is 4.16. The van der Waals surface area contributed by atoms with Gasteiger partial charge in [0.2, 0.25) is 0 Å². The number of fused-ring (bicyclic) bond motifs is 1. The molecule has 1 fully saturated rings. The molecule has 4 rings (SSSR count). The highest BCUT2D eigenvalue weighted by Crippen LogP contribution is 2.49. The fraction of sp³-hybridized carbons (Fsp3) is 0.455. The van der Waals surface area contributed by atoms with Crippen LogP contribution in [0.5, 0.6) is 0 Å². The molecule has 136 valence electrons. The second kappa shape index (κ2) is 6.14. The molecular formula is C22H28BNO2. The van der Waals surface area contributed by atoms with Crippen molar-refractivity contribution in [3.05, 3.63) is 65.2 Å². The molecule has 0 unspecified atom stereocenters. The van der Waals surface area contributed by atoms with Crippen molar-refractivity contribution < 1.29 is 9.31 Å². The third-order valence-electron chi connectivity index (χ3n) is 6.35. The van der Waals surface area contributed by atoms with E-state index in [0.29, 0.717) is 5.92 Å². The molecule has 0 aromatic heterocycles. The average Bonchev–Trinajstić information content (AvgIpc) is 3.02. The number of hydrogen-bond donors (Lipinski definition) is 1. The number of hydrogen-bond acceptors (Lipinski definition) is 3. The molecule has 1 N–H and O–H groups in total. The lowest BCUT2D eigenvalue weighted by atomic mass is 9.71. The van der Waals surface area contributed by atoms with E-state index in [1.165, 1.54) is 22.4 Å². The maximum atomic E-state index is 6.31. The summed E-state index contributed by atoms with van der Waals surface area (Å²) in [5, 5.41) is 3.75. The van der Waals surface area contributed by atoms with E-state index in [1.54, 1.807) is 0 Å². The lowest BCUT2D eigenvalue weighted by Crippen LogP contribution is -2.41. The zero-order valence-corrected chi connectivity index (χ0v) is 16.4. The normalized spacial score (nSPS) is 25.8. The number of aryl methyl sites for hydroxylation is 1. The summed E-state index contributed by atoms with van der Waals surface area (Å²) in [7, 11) is -0.190. The van der Waals surface area contributed by atoms with Crippen molar-refractivity contribution in [2.24, 2.45) is 0 Å². The molecule has 0 radical (unpaired) electrons. The molecule has 2 heterocycles. The van der Waals surface area contributed by atoms with E-state index >= 15 is 0 Å². The Balaban J connectivity index is 1.66. The van der Waals surface area contributed by atoms with E-state index in [0.717, 1.165) is 6.32 Å². The van der Waals surface area contributed by atoms with Crippen LogP contribution in [-0.2, 0) is 9.31 Å². The highest BCUT2D eigenvalue weighted by Gasteiger charge is 2.52. The Morgan fingerprint density at radius 1 is 0.885 bits per heavy atom. The van der Waals surface area contributed by atoms with Gasteiger partial charge in [-0.2, -0.15) is 0 Å². The van der Waals surface area contributed by atoms with Crippen LogP contribution in [0, 0.1) is 6.92 Å². The van der Waals surface area contributed by atoms with Crippen LogP contribution in [0.4, 0.5) is 5.69 Å². The minimum Gasteiger partial charge on any atom is -0.403 e. The summed E-state index contributed by atoms with van der Waals surface area (Å²) < 4.78 is 12.6. The molecule has 0 spiro atoms. The Bertz CT molecular complexity index is 801. The second-order valence-electron chi connectivity index (χ2n) is 8.59. The van der Waals surface area contributed by atoms with Crippen molar-refractivity contribution in [3.63, 3.8) is 0 Å². The molecule has 1 saturated heterocycles. The predicted molar refractivity (Wildman–Crippen MR) is 108 cm³/mol. The van der Waals surface area contributed by atoms with Crippen molar-refractivity contribution in [2.45, 2.75) is 64.1 Å². The van der Waals surface area contributed by atoms with E-state index < -0.39 is 0 Å². The fourth-order valence-electron chi connectivity index (χ4n) is 4.16. The molecule has 2 atom stereocenters. The number of benzene rings is 2. The van der Waals surface area contributed by atoms with E-state index in [9.17, 15) is 0 Å². The van der Waals surface area contributed by atoms with Crippen molar-refractivity contribution in [2.75, 3.05) is 5.32 Å². The van der Waals surface area contributed by atoms with Gasteiger partial charge >= 0.3 is 7.12 Å². The topological polar surface area (TPSA) is 30.5 Å². The molecule has 3 nitrogen and oxygen atoms in total. The number of para-hydroxylation sites is 1. The Hall–Kier alpha value is -1.78. The molecule has 2 aliphatic rings. The first kappa shape index (κ1) is 17.6. The van der Waals surface area contributed by atoms with Crippen LogP contribution in [0.25, 0.3) is 0 Å². The summed E-state index contributed by atoms with van der Waals surface area (Å²) in [6.07, 6.45) is 0.843. The summed E-state index contributed by atoms with van der Waals surface area (Å²) in [6.45, 7) is 10.7. The summed E-state index contributed by atoms with van der Waals surface area (Å²) >= 11 is 0. The van der Waals surface area contributed by atoms with Crippen LogP contribution in [-0.4, -0.2) is 18.3 Å². The average molecular weight is 349 g/mol. The molecule has 2 aliphatic heterocycles. The first-order valence-corrected chi connectivity index (χ1v) is 9.55. The van der Waals surface area contributed by atoms with Gasteiger partial charge in [0, 0.05) is 11.6 Å². The van der Waals surface area contributed by atoms with Gasteiger partial charge in [-0.15, -0.1) is 0 Å². The van der Waals surface area contributed by atoms with Crippen molar-refractivity contribution in [1.29, 1.82) is 0 Å². The number of nitrogens with one attached hydrogen (secondary N) is 1. The Morgan fingerprint density at radius 3 is 2.12 bits per heavy atom. The molecule has 0 amide bonds. The van der Waals surface area contributed by atoms with Gasteiger partial charge in [-0.25, -0.2) is 0 Å². The SMILES string of the molecule is Cc1ccccc1[C@@H]1Nc2ccccc2[C@@H]1CB1OC(C)(C)C(C)(C)O1. The third kappa shape index (κ3) is 2.85. The quantitative estimate of drug-likeness (QED) is 0.759. The molecule has 0 aliphatic carbocycles. The summed E-state index contributed by atoms with van der Waals surface area (Å²) in [5.41, 5.74) is 4.67. The zero-order valence-electron chi connectivity index (χ0n) is 16.4. The van der Waals surface area contributed by atoms with E-state index in [4.69, 9.17) is 9.31 Å². The summed E-state index contributed by atoms with van der Waals surface area (Å²) in [6, 6.07) is 17.5. The van der Waals surface area contributed by atoms with E-state index in [1.807, 2.05) is 0 Å². The molecule has 4 heteroatoms. The fourth-order valence-corrected chi connectivity index (χ4v) is 4.16. The van der Waals surface area contributed by atoms with Crippen LogP contribution in [0.1, 0.15) is 56.3 Å². The van der Waals surface area contributed by atoms with Gasteiger partial charge in [0.05, 0.1) is 17.2 Å². The van der Waals surface area contributed by atoms with Crippen molar-refractivity contribution >= 4 is 12.8 Å². The minimum atomic E-state index is -0.290. The Morgan fingerprint density at radius 2 is 1.46 bits per heavy atom. The van der Waals surface area contributed by atoms with Crippen molar-refractivity contribution in [3.8, 4) is 0 Å². The molecule has 26 heavy (non-hydrogen) atoms. The first-order valence-electron chi connectivity index (χ1n) is 9.55. The molecule has 0 bridgehead atoms. The highest BCUT2D eigenvalue weighted by atomic mass is 16.7. The maximum absolute atomic E-state index is 6.31. The van der Waals surface area contributed by atoms with Crippen LogP contribution in [0.3, 0.4) is 0 Å². The standard InChI is InChI=1S/C22H28BNO2/c1-15-10-6-7-11-16(15)20-18(17-12-8-9-13-19(17)24-20)14-23-25-21(2,3)22(4,5)26-23/h6-13,18,20,24H,14H2,1-5H3/t18-,20-/m0/s1. The predicted octanol–water partition coefficient (Wildman–Crippen LogP) is 5.34. The van der Waals surface area contributed by atoms with Gasteiger partial charge in [0.15, 0.2) is 0 Å². The summed E-state index contributed by atoms with van der Waals surface area (Å²) in [5.74, 6) is 0.321. The minimum absolute atomic E-state index is 0.190. The maximum Gasteiger partial charge on any atom is 0.458 e. The van der Waals surface area contributed by atoms with Crippen LogP contribution in [0.15, 0.2) is 48.5 Å². The second-order valence-corrected chi connectivity index (χ2v) is 8.59. The molecule has 2 aromatic carbocycles. The van der Waals surface area contributed by atoms with Gasteiger partial charge in [-0.05, 0) is 63.7 Å². The summed E-state index contributed by atoms with van der Waals surface area (Å²) in [4.78, 5) is 0. The van der Waals surface area contributed by atoms with Crippen LogP contribution in [0.2, 0.25) is 6.32 Å². The first-order chi connectivity index (χ1) is 12.3. The smallest absolute Gasteiger partial charge is 0.403 e. The monoisotopic (exact) mass is 349 g/mol. The molecular weight excluding hydrogens is 321 g/mol. The van der Waals surface area contributed by atoms with E-state index in [2.05, 4.69) is 88.5 Å². The van der Waals surface area contributed by atoms with Crippen molar-refractivity contribution in [1.82, 2.24) is 0 Å². The van der Waals surface area contributed by atoms with Gasteiger partial charge in [-0.3, -0.25) is 0 Å². The molecule has 0 saturated carbocycles. The lowest BCUT2D eigenvalue weighted by molar-refractivity contribution is 0.00578. The van der Waals surface area contributed by atoms with E-state index in [-0.39, 0.29) is 24.4 Å². The lowest BCUT2D eigenvalue weighted by Gasteiger charge is -2.32. The number of anilines is 1.